The SMILES string of the molecule is CCOc1cc(Cl)cc(/C=C2\C(=O)NC(=O)N(c3cccc(Cl)c3)C2=O)c1. The van der Waals surface area contributed by atoms with Gasteiger partial charge in [-0.3, -0.25) is 14.9 Å². The number of benzene rings is 2. The number of nitrogens with one attached hydrogen (secondary N) is 1. The molecule has 1 saturated heterocycles. The second kappa shape index (κ2) is 7.82. The Morgan fingerprint density at radius 3 is 2.56 bits per heavy atom. The molecule has 0 aromatic heterocycles. The summed E-state index contributed by atoms with van der Waals surface area (Å²) in [4.78, 5) is 38.1. The van der Waals surface area contributed by atoms with Gasteiger partial charge in [0.2, 0.25) is 0 Å². The molecule has 1 aliphatic heterocycles. The van der Waals surface area contributed by atoms with Crippen LogP contribution in [0.15, 0.2) is 48.0 Å². The summed E-state index contributed by atoms with van der Waals surface area (Å²) in [6.07, 6.45) is 1.36. The number of amides is 4. The molecule has 2 aromatic rings. The Morgan fingerprint density at radius 2 is 1.85 bits per heavy atom. The number of ether oxygens (including phenoxy) is 1. The Morgan fingerprint density at radius 1 is 1.07 bits per heavy atom. The van der Waals surface area contributed by atoms with E-state index in [1.165, 1.54) is 12.1 Å². The van der Waals surface area contributed by atoms with Crippen molar-refractivity contribution in [3.63, 3.8) is 0 Å². The Bertz CT molecular complexity index is 972. The van der Waals surface area contributed by atoms with Gasteiger partial charge in [0.1, 0.15) is 11.3 Å². The standard InChI is InChI=1S/C19H14Cl2N2O4/c1-2-27-15-7-11(6-13(21)10-15)8-16-17(24)22-19(26)23(18(16)25)14-5-3-4-12(20)9-14/h3-10H,2H2,1H3,(H,22,24,26)/b16-8+. The number of halogens is 2. The van der Waals surface area contributed by atoms with E-state index in [9.17, 15) is 14.4 Å². The predicted octanol–water partition coefficient (Wildman–Crippen LogP) is 4.06. The molecule has 0 atom stereocenters. The largest absolute Gasteiger partial charge is 0.494 e. The monoisotopic (exact) mass is 404 g/mol. The molecule has 6 nitrogen and oxygen atoms in total. The molecule has 1 N–H and O–H groups in total. The van der Waals surface area contributed by atoms with Gasteiger partial charge in [0.05, 0.1) is 12.3 Å². The van der Waals surface area contributed by atoms with E-state index in [1.807, 2.05) is 6.92 Å². The lowest BCUT2D eigenvalue weighted by Gasteiger charge is -2.26. The number of hydrogen-bond donors (Lipinski definition) is 1. The number of hydrogen-bond acceptors (Lipinski definition) is 4. The summed E-state index contributed by atoms with van der Waals surface area (Å²) in [7, 11) is 0. The third-order valence-corrected chi connectivity index (χ3v) is 4.14. The number of barbiturate groups is 1. The van der Waals surface area contributed by atoms with Crippen LogP contribution < -0.4 is 15.0 Å². The first-order valence-electron chi connectivity index (χ1n) is 7.99. The number of nitrogens with zero attached hydrogens (tertiary/aromatic N) is 1. The Balaban J connectivity index is 2.02. The zero-order chi connectivity index (χ0) is 19.6. The molecule has 3 rings (SSSR count). The lowest BCUT2D eigenvalue weighted by molar-refractivity contribution is -0.122. The molecule has 4 amide bonds. The van der Waals surface area contributed by atoms with E-state index in [4.69, 9.17) is 27.9 Å². The van der Waals surface area contributed by atoms with Crippen molar-refractivity contribution in [2.75, 3.05) is 11.5 Å². The molecule has 0 saturated carbocycles. The molecule has 2 aromatic carbocycles. The van der Waals surface area contributed by atoms with Crippen LogP contribution in [0, 0.1) is 0 Å². The third kappa shape index (κ3) is 4.13. The van der Waals surface area contributed by atoms with E-state index in [0.717, 1.165) is 4.90 Å². The van der Waals surface area contributed by atoms with E-state index in [0.29, 0.717) is 28.0 Å². The molecule has 1 aliphatic rings. The maximum atomic E-state index is 12.8. The second-order valence-electron chi connectivity index (χ2n) is 5.59. The minimum absolute atomic E-state index is 0.209. The Kier molecular flexibility index (Phi) is 5.48. The third-order valence-electron chi connectivity index (χ3n) is 3.68. The molecule has 0 unspecified atom stereocenters. The first kappa shape index (κ1) is 18.9. The Labute approximate surface area is 165 Å². The van der Waals surface area contributed by atoms with Crippen LogP contribution in [0.25, 0.3) is 6.08 Å². The highest BCUT2D eigenvalue weighted by Gasteiger charge is 2.36. The van der Waals surface area contributed by atoms with Crippen molar-refractivity contribution in [2.24, 2.45) is 0 Å². The van der Waals surface area contributed by atoms with Crippen LogP contribution in [0.4, 0.5) is 10.5 Å². The van der Waals surface area contributed by atoms with Crippen LogP contribution in [0.2, 0.25) is 10.0 Å². The Hall–Kier alpha value is -2.83. The highest BCUT2D eigenvalue weighted by molar-refractivity contribution is 6.39. The molecule has 0 spiro atoms. The molecule has 0 bridgehead atoms. The van der Waals surface area contributed by atoms with E-state index in [1.54, 1.807) is 36.4 Å². The lowest BCUT2D eigenvalue weighted by atomic mass is 10.1. The summed E-state index contributed by atoms with van der Waals surface area (Å²) in [5.74, 6) is -1.05. The van der Waals surface area contributed by atoms with Gasteiger partial charge in [-0.1, -0.05) is 29.3 Å². The fraction of sp³-hybridized carbons (Fsp3) is 0.105. The number of anilines is 1. The second-order valence-corrected chi connectivity index (χ2v) is 6.46. The first-order valence-corrected chi connectivity index (χ1v) is 8.75. The number of imide groups is 2. The van der Waals surface area contributed by atoms with Crippen molar-refractivity contribution >= 4 is 52.8 Å². The fourth-order valence-electron chi connectivity index (χ4n) is 2.59. The molecule has 0 radical (unpaired) electrons. The summed E-state index contributed by atoms with van der Waals surface area (Å²) in [6.45, 7) is 2.26. The van der Waals surface area contributed by atoms with E-state index >= 15 is 0 Å². The van der Waals surface area contributed by atoms with Gasteiger partial charge in [-0.05, 0) is 55.0 Å². The summed E-state index contributed by atoms with van der Waals surface area (Å²) in [5, 5.41) is 2.90. The molecule has 8 heteroatoms. The zero-order valence-corrected chi connectivity index (χ0v) is 15.7. The number of urea groups is 1. The number of carbonyl (C=O) groups is 3. The van der Waals surface area contributed by atoms with E-state index in [-0.39, 0.29) is 11.3 Å². The highest BCUT2D eigenvalue weighted by Crippen LogP contribution is 2.26. The summed E-state index contributed by atoms with van der Waals surface area (Å²) in [5.41, 5.74) is 0.536. The number of carbonyl (C=O) groups excluding carboxylic acids is 3. The fourth-order valence-corrected chi connectivity index (χ4v) is 3.01. The average Bonchev–Trinajstić information content (AvgIpc) is 2.58. The maximum absolute atomic E-state index is 12.8. The van der Waals surface area contributed by atoms with E-state index < -0.39 is 17.8 Å². The van der Waals surface area contributed by atoms with Crippen molar-refractivity contribution < 1.29 is 19.1 Å². The van der Waals surface area contributed by atoms with Crippen molar-refractivity contribution in [2.45, 2.75) is 6.92 Å². The van der Waals surface area contributed by atoms with E-state index in [2.05, 4.69) is 5.32 Å². The highest BCUT2D eigenvalue weighted by atomic mass is 35.5. The van der Waals surface area contributed by atoms with Crippen LogP contribution in [0.1, 0.15) is 12.5 Å². The van der Waals surface area contributed by atoms with Crippen LogP contribution in [-0.4, -0.2) is 24.5 Å². The molecular weight excluding hydrogens is 391 g/mol. The molecule has 1 fully saturated rings. The van der Waals surface area contributed by atoms with Gasteiger partial charge < -0.3 is 4.74 Å². The summed E-state index contributed by atoms with van der Waals surface area (Å²) < 4.78 is 5.41. The van der Waals surface area contributed by atoms with Gasteiger partial charge in [0, 0.05) is 10.0 Å². The minimum Gasteiger partial charge on any atom is -0.494 e. The molecule has 1 heterocycles. The molecule has 0 aliphatic carbocycles. The topological polar surface area (TPSA) is 75.7 Å². The predicted molar refractivity (Wildman–Crippen MR) is 103 cm³/mol. The van der Waals surface area contributed by atoms with Crippen LogP contribution >= 0.6 is 23.2 Å². The number of rotatable bonds is 4. The van der Waals surface area contributed by atoms with Crippen molar-refractivity contribution in [1.82, 2.24) is 5.32 Å². The summed E-state index contributed by atoms with van der Waals surface area (Å²) >= 11 is 12.0. The van der Waals surface area contributed by atoms with Crippen LogP contribution in [0.3, 0.4) is 0 Å². The van der Waals surface area contributed by atoms with Crippen molar-refractivity contribution in [3.05, 3.63) is 63.6 Å². The van der Waals surface area contributed by atoms with Crippen molar-refractivity contribution in [3.8, 4) is 5.75 Å². The first-order chi connectivity index (χ1) is 12.9. The smallest absolute Gasteiger partial charge is 0.335 e. The van der Waals surface area contributed by atoms with Gasteiger partial charge in [-0.2, -0.15) is 0 Å². The summed E-state index contributed by atoms with van der Waals surface area (Å²) in [6, 6.07) is 10.2. The zero-order valence-electron chi connectivity index (χ0n) is 14.2. The lowest BCUT2D eigenvalue weighted by Crippen LogP contribution is -2.54. The van der Waals surface area contributed by atoms with Gasteiger partial charge in [0.25, 0.3) is 11.8 Å². The van der Waals surface area contributed by atoms with Crippen LogP contribution in [0.5, 0.6) is 5.75 Å². The van der Waals surface area contributed by atoms with Gasteiger partial charge in [-0.15, -0.1) is 0 Å². The molecule has 27 heavy (non-hydrogen) atoms. The van der Waals surface area contributed by atoms with Gasteiger partial charge in [-0.25, -0.2) is 9.69 Å². The van der Waals surface area contributed by atoms with Gasteiger partial charge >= 0.3 is 6.03 Å². The average molecular weight is 405 g/mol. The van der Waals surface area contributed by atoms with Crippen molar-refractivity contribution in [1.29, 1.82) is 0 Å². The van der Waals surface area contributed by atoms with Crippen LogP contribution in [-0.2, 0) is 9.59 Å². The minimum atomic E-state index is -0.842. The molecular formula is C19H14Cl2N2O4. The van der Waals surface area contributed by atoms with Gasteiger partial charge in [0.15, 0.2) is 0 Å². The maximum Gasteiger partial charge on any atom is 0.335 e. The normalized spacial score (nSPS) is 15.9. The quantitative estimate of drug-likeness (QED) is 0.615. The molecule has 138 valence electrons.